The number of aliphatic carboxylic acids is 1. The van der Waals surface area contributed by atoms with Crippen LogP contribution in [0.1, 0.15) is 13.8 Å². The fraction of sp³-hybridized carbons (Fsp3) is 0.647. The van der Waals surface area contributed by atoms with E-state index in [0.717, 1.165) is 0 Å². The molecule has 10 nitrogen and oxygen atoms in total. The number of carboxylic acids is 1. The minimum Gasteiger partial charge on any atom is -0.477 e. The van der Waals surface area contributed by atoms with Crippen LogP contribution in [0.5, 0.6) is 0 Å². The largest absolute Gasteiger partial charge is 0.477 e. The molecular weight excluding hydrogens is 388 g/mol. The molecule has 0 aromatic carbocycles. The average Bonchev–Trinajstić information content (AvgIpc) is 2.83. The summed E-state index contributed by atoms with van der Waals surface area (Å²) in [6.45, 7) is 4.60. The lowest BCUT2D eigenvalue weighted by Crippen LogP contribution is -2.63. The van der Waals surface area contributed by atoms with Crippen molar-refractivity contribution in [3.05, 3.63) is 10.6 Å². The van der Waals surface area contributed by atoms with Gasteiger partial charge in [-0.15, -0.1) is 11.8 Å². The number of nitrogens with zero attached hydrogens (tertiary/aromatic N) is 2. The number of thioether (sulfide) groups is 1. The van der Waals surface area contributed by atoms with Gasteiger partial charge in [0.15, 0.2) is 0 Å². The molecule has 11 heteroatoms. The fourth-order valence-electron chi connectivity index (χ4n) is 3.93. The predicted molar refractivity (Wildman–Crippen MR) is 101 cm³/mol. The molecule has 0 bridgehead atoms. The van der Waals surface area contributed by atoms with Gasteiger partial charge in [0.2, 0.25) is 5.91 Å². The summed E-state index contributed by atoms with van der Waals surface area (Å²) in [5.41, 5.74) is 0.0188. The van der Waals surface area contributed by atoms with Crippen LogP contribution in [0.2, 0.25) is 0 Å². The molecule has 0 unspecified atom stereocenters. The van der Waals surface area contributed by atoms with E-state index in [2.05, 4.69) is 10.1 Å². The highest BCUT2D eigenvalue weighted by molar-refractivity contribution is 8.03. The number of carboxylic acid groups (broad SMARTS) is 1. The Balaban J connectivity index is 1.62. The number of nitrogens with one attached hydrogen (secondary N) is 2. The molecule has 28 heavy (non-hydrogen) atoms. The summed E-state index contributed by atoms with van der Waals surface area (Å²) in [6, 6.07) is -0.320. The number of fused-ring (bicyclic) bond motifs is 1. The van der Waals surface area contributed by atoms with Gasteiger partial charge in [-0.2, -0.15) is 0 Å². The van der Waals surface area contributed by atoms with Crippen molar-refractivity contribution in [2.45, 2.75) is 31.2 Å². The summed E-state index contributed by atoms with van der Waals surface area (Å²) in [7, 11) is 1.25. The minimum absolute atomic E-state index is 0.0188. The summed E-state index contributed by atoms with van der Waals surface area (Å²) < 4.78 is 4.47. The number of ether oxygens (including phenoxy) is 1. The van der Waals surface area contributed by atoms with E-state index in [-0.39, 0.29) is 41.2 Å². The van der Waals surface area contributed by atoms with Crippen LogP contribution < -0.4 is 5.32 Å². The summed E-state index contributed by atoms with van der Waals surface area (Å²) in [4.78, 5) is 38.9. The highest BCUT2D eigenvalue weighted by Gasteiger charge is 2.60. The normalized spacial score (nSPS) is 27.7. The zero-order valence-corrected chi connectivity index (χ0v) is 16.7. The second-order valence-corrected chi connectivity index (χ2v) is 8.55. The molecule has 3 rings (SSSR count). The predicted octanol–water partition coefficient (Wildman–Crippen LogP) is -0.109. The smallest absolute Gasteiger partial charge is 0.407 e. The molecule has 0 aromatic heterocycles. The van der Waals surface area contributed by atoms with Crippen LogP contribution in [0.3, 0.4) is 0 Å². The Morgan fingerprint density at radius 1 is 1.43 bits per heavy atom. The van der Waals surface area contributed by atoms with Gasteiger partial charge in [-0.25, -0.2) is 9.59 Å². The van der Waals surface area contributed by atoms with Crippen molar-refractivity contribution in [2.75, 3.05) is 26.7 Å². The number of amidine groups is 1. The first-order chi connectivity index (χ1) is 13.2. The quantitative estimate of drug-likeness (QED) is 0.269. The molecule has 3 aliphatic heterocycles. The Labute approximate surface area is 166 Å². The molecule has 0 aliphatic carbocycles. The summed E-state index contributed by atoms with van der Waals surface area (Å²) >= 11 is 1.42. The number of likely N-dealkylation sites (tertiary alicyclic amines) is 1. The number of aliphatic hydroxyl groups excluding tert-OH is 1. The van der Waals surface area contributed by atoms with E-state index in [1.165, 1.54) is 23.8 Å². The molecule has 2 saturated heterocycles. The standard InChI is InChI=1S/C17H24N4O6S/c1-7-12-11(8(2)22)15(23)21(12)13(16(24)25)14(7)28-9-5-20(6-9)10(18)4-19-17(26)27-3/h7-9,11-12,18,22H,4-6H2,1-3H3,(H,19,26)(H,24,25)/t7-,8-,11-,12-/m1/s1. The zero-order chi connectivity index (χ0) is 20.7. The first kappa shape index (κ1) is 20.5. The van der Waals surface area contributed by atoms with Crippen LogP contribution in [0.15, 0.2) is 10.6 Å². The number of carbonyl (C=O) groups excluding carboxylic acids is 2. The number of hydrogen-bond donors (Lipinski definition) is 4. The van der Waals surface area contributed by atoms with Crippen molar-refractivity contribution < 1.29 is 29.3 Å². The lowest BCUT2D eigenvalue weighted by molar-refractivity contribution is -0.163. The van der Waals surface area contributed by atoms with E-state index in [1.807, 2.05) is 6.92 Å². The van der Waals surface area contributed by atoms with E-state index in [0.29, 0.717) is 18.0 Å². The average molecular weight is 412 g/mol. The van der Waals surface area contributed by atoms with Gasteiger partial charge in [-0.1, -0.05) is 6.92 Å². The van der Waals surface area contributed by atoms with E-state index >= 15 is 0 Å². The molecule has 154 valence electrons. The van der Waals surface area contributed by atoms with Gasteiger partial charge < -0.3 is 30.1 Å². The maximum absolute atomic E-state index is 12.3. The van der Waals surface area contributed by atoms with Gasteiger partial charge in [0.1, 0.15) is 11.5 Å². The van der Waals surface area contributed by atoms with E-state index in [1.54, 1.807) is 11.8 Å². The number of alkyl carbamates (subject to hydrolysis) is 1. The third kappa shape index (κ3) is 3.32. The van der Waals surface area contributed by atoms with Gasteiger partial charge in [0.05, 0.1) is 31.7 Å². The second kappa shape index (κ2) is 7.63. The molecule has 0 saturated carbocycles. The summed E-state index contributed by atoms with van der Waals surface area (Å²) in [6.07, 6.45) is -1.42. The maximum atomic E-state index is 12.3. The van der Waals surface area contributed by atoms with Crippen LogP contribution in [0, 0.1) is 17.2 Å². The Bertz CT molecular complexity index is 748. The lowest BCUT2D eigenvalue weighted by atomic mass is 9.79. The molecule has 0 radical (unpaired) electrons. The molecule has 3 aliphatic rings. The van der Waals surface area contributed by atoms with Crippen molar-refractivity contribution in [3.63, 3.8) is 0 Å². The minimum atomic E-state index is -1.14. The van der Waals surface area contributed by atoms with E-state index < -0.39 is 24.1 Å². The van der Waals surface area contributed by atoms with Gasteiger partial charge in [0, 0.05) is 29.2 Å². The SMILES string of the molecule is COC(=O)NCC(=N)N1CC(SC2=C(C(=O)O)N3C(=O)[C@H]([C@@H](C)O)[C@H]3[C@H]2C)C1. The summed E-state index contributed by atoms with van der Waals surface area (Å²) in [5.74, 6) is -1.96. The number of rotatable bonds is 6. The van der Waals surface area contributed by atoms with Gasteiger partial charge in [0.25, 0.3) is 0 Å². The van der Waals surface area contributed by atoms with Crippen LogP contribution >= 0.6 is 11.8 Å². The number of β-lactam (4-membered cyclic amide) rings is 1. The zero-order valence-electron chi connectivity index (χ0n) is 15.8. The molecule has 3 heterocycles. The Kier molecular flexibility index (Phi) is 5.57. The summed E-state index contributed by atoms with van der Waals surface area (Å²) in [5, 5.41) is 30.0. The van der Waals surface area contributed by atoms with Gasteiger partial charge in [-0.3, -0.25) is 10.2 Å². The highest BCUT2D eigenvalue weighted by atomic mass is 32.2. The number of aliphatic hydroxyl groups is 1. The number of hydrogen-bond acceptors (Lipinski definition) is 7. The number of methoxy groups -OCH3 is 1. The van der Waals surface area contributed by atoms with Crippen LogP contribution in [-0.4, -0.2) is 88.0 Å². The van der Waals surface area contributed by atoms with Gasteiger partial charge in [-0.05, 0) is 6.92 Å². The molecule has 2 fully saturated rings. The third-order valence-electron chi connectivity index (χ3n) is 5.42. The van der Waals surface area contributed by atoms with Crippen molar-refractivity contribution in [1.29, 1.82) is 5.41 Å². The fourth-order valence-corrected chi connectivity index (χ4v) is 5.45. The lowest BCUT2D eigenvalue weighted by Gasteiger charge is -2.46. The van der Waals surface area contributed by atoms with Crippen molar-refractivity contribution in [2.24, 2.45) is 11.8 Å². The maximum Gasteiger partial charge on any atom is 0.407 e. The van der Waals surface area contributed by atoms with Crippen molar-refractivity contribution in [3.8, 4) is 0 Å². The molecule has 2 amide bonds. The number of carbonyl (C=O) groups is 3. The monoisotopic (exact) mass is 412 g/mol. The van der Waals surface area contributed by atoms with E-state index in [4.69, 9.17) is 5.41 Å². The molecule has 0 spiro atoms. The van der Waals surface area contributed by atoms with Crippen LogP contribution in [0.25, 0.3) is 0 Å². The topological polar surface area (TPSA) is 143 Å². The molecule has 4 N–H and O–H groups in total. The molecule has 4 atom stereocenters. The van der Waals surface area contributed by atoms with Crippen molar-refractivity contribution >= 4 is 35.6 Å². The number of amides is 2. The van der Waals surface area contributed by atoms with E-state index in [9.17, 15) is 24.6 Å². The Morgan fingerprint density at radius 3 is 2.61 bits per heavy atom. The Morgan fingerprint density at radius 2 is 2.07 bits per heavy atom. The molecule has 0 aromatic rings. The van der Waals surface area contributed by atoms with Crippen LogP contribution in [0.4, 0.5) is 4.79 Å². The van der Waals surface area contributed by atoms with Crippen LogP contribution in [-0.2, 0) is 14.3 Å². The second-order valence-electron chi connectivity index (χ2n) is 7.21. The first-order valence-corrected chi connectivity index (χ1v) is 9.84. The molecular formula is C17H24N4O6S. The van der Waals surface area contributed by atoms with Gasteiger partial charge >= 0.3 is 12.1 Å². The first-order valence-electron chi connectivity index (χ1n) is 8.96. The highest BCUT2D eigenvalue weighted by Crippen LogP contribution is 2.51. The third-order valence-corrected chi connectivity index (χ3v) is 6.87. The Hall–Kier alpha value is -2.27. The van der Waals surface area contributed by atoms with Crippen molar-refractivity contribution in [1.82, 2.24) is 15.1 Å².